The summed E-state index contributed by atoms with van der Waals surface area (Å²) in [7, 11) is 0. The predicted molar refractivity (Wildman–Crippen MR) is 81.4 cm³/mol. The van der Waals surface area contributed by atoms with Crippen LogP contribution in [0.3, 0.4) is 0 Å². The number of hydrogen-bond donors (Lipinski definition) is 1. The highest BCUT2D eigenvalue weighted by molar-refractivity contribution is 7.18. The van der Waals surface area contributed by atoms with Gasteiger partial charge >= 0.3 is 0 Å². The van der Waals surface area contributed by atoms with E-state index in [0.29, 0.717) is 18.1 Å². The van der Waals surface area contributed by atoms with Gasteiger partial charge in [-0.1, -0.05) is 12.1 Å². The van der Waals surface area contributed by atoms with E-state index < -0.39 is 0 Å². The van der Waals surface area contributed by atoms with Crippen molar-refractivity contribution >= 4 is 21.6 Å². The number of nitrogens with two attached hydrogens (primary N) is 1. The van der Waals surface area contributed by atoms with Crippen LogP contribution in [-0.4, -0.2) is 28.5 Å². The van der Waals surface area contributed by atoms with Gasteiger partial charge in [-0.3, -0.25) is 4.90 Å². The molecule has 3 atom stereocenters. The van der Waals surface area contributed by atoms with Crippen LogP contribution in [0.4, 0.5) is 0 Å². The van der Waals surface area contributed by atoms with Gasteiger partial charge in [0, 0.05) is 18.6 Å². The predicted octanol–water partition coefficient (Wildman–Crippen LogP) is 3.17. The molecule has 1 saturated heterocycles. The van der Waals surface area contributed by atoms with E-state index in [1.54, 1.807) is 0 Å². The molecule has 0 bridgehead atoms. The van der Waals surface area contributed by atoms with E-state index in [4.69, 9.17) is 10.7 Å². The second-order valence-electron chi connectivity index (χ2n) is 5.57. The second kappa shape index (κ2) is 5.19. The van der Waals surface area contributed by atoms with Crippen molar-refractivity contribution in [1.29, 1.82) is 0 Å². The number of likely N-dealkylation sites (tertiary alicyclic amines) is 1. The van der Waals surface area contributed by atoms with Gasteiger partial charge in [-0.05, 0) is 38.8 Å². The Morgan fingerprint density at radius 1 is 1.42 bits per heavy atom. The molecule has 1 aliphatic rings. The fourth-order valence-electron chi connectivity index (χ4n) is 3.01. The molecule has 2 N–H and O–H groups in total. The maximum Gasteiger partial charge on any atom is 0.111 e. The van der Waals surface area contributed by atoms with Gasteiger partial charge in [0.15, 0.2) is 0 Å². The molecule has 1 fully saturated rings. The van der Waals surface area contributed by atoms with E-state index in [-0.39, 0.29) is 0 Å². The van der Waals surface area contributed by atoms with Crippen LogP contribution in [0, 0.1) is 0 Å². The molecule has 0 radical (unpaired) electrons. The number of benzene rings is 1. The number of nitrogens with zero attached hydrogens (tertiary/aromatic N) is 2. The minimum atomic E-state index is 0.369. The lowest BCUT2D eigenvalue weighted by Crippen LogP contribution is -2.46. The number of fused-ring (bicyclic) bond motifs is 1. The summed E-state index contributed by atoms with van der Waals surface area (Å²) in [4.78, 5) is 7.33. The van der Waals surface area contributed by atoms with Crippen molar-refractivity contribution in [2.45, 2.75) is 44.8 Å². The monoisotopic (exact) mass is 275 g/mol. The van der Waals surface area contributed by atoms with Gasteiger partial charge in [0.2, 0.25) is 0 Å². The van der Waals surface area contributed by atoms with Gasteiger partial charge in [-0.25, -0.2) is 4.98 Å². The van der Waals surface area contributed by atoms with Crippen LogP contribution in [0.15, 0.2) is 24.3 Å². The van der Waals surface area contributed by atoms with Gasteiger partial charge in [-0.2, -0.15) is 0 Å². The highest BCUT2D eigenvalue weighted by Gasteiger charge is 2.28. The summed E-state index contributed by atoms with van der Waals surface area (Å²) in [5.41, 5.74) is 7.17. The lowest BCUT2D eigenvalue weighted by atomic mass is 9.97. The highest BCUT2D eigenvalue weighted by Crippen LogP contribution is 2.32. The molecule has 3 nitrogen and oxygen atoms in total. The Morgan fingerprint density at radius 2 is 2.21 bits per heavy atom. The summed E-state index contributed by atoms with van der Waals surface area (Å²) in [5, 5.41) is 1.23. The topological polar surface area (TPSA) is 42.1 Å². The maximum absolute atomic E-state index is 6.05. The standard InChI is InChI=1S/C15H21N3S/c1-10-9-12(16)7-8-18(10)11(2)15-17-13-5-3-4-6-14(13)19-15/h3-6,10-12H,7-9,16H2,1-2H3. The summed E-state index contributed by atoms with van der Waals surface area (Å²) in [5.74, 6) is 0. The van der Waals surface area contributed by atoms with Crippen molar-refractivity contribution in [2.75, 3.05) is 6.54 Å². The lowest BCUT2D eigenvalue weighted by molar-refractivity contribution is 0.104. The van der Waals surface area contributed by atoms with Crippen molar-refractivity contribution in [3.05, 3.63) is 29.3 Å². The first-order valence-corrected chi connectivity index (χ1v) is 7.83. The van der Waals surface area contributed by atoms with Crippen LogP contribution in [0.5, 0.6) is 0 Å². The van der Waals surface area contributed by atoms with Crippen molar-refractivity contribution in [3.63, 3.8) is 0 Å². The molecule has 1 aromatic carbocycles. The molecule has 0 spiro atoms. The second-order valence-corrected chi connectivity index (χ2v) is 6.63. The molecule has 3 unspecified atom stereocenters. The van der Waals surface area contributed by atoms with Crippen LogP contribution >= 0.6 is 11.3 Å². The molecular weight excluding hydrogens is 254 g/mol. The summed E-state index contributed by atoms with van der Waals surface area (Å²) >= 11 is 1.82. The number of piperidine rings is 1. The molecule has 2 heterocycles. The van der Waals surface area contributed by atoms with Crippen molar-refractivity contribution in [3.8, 4) is 0 Å². The highest BCUT2D eigenvalue weighted by atomic mass is 32.1. The van der Waals surface area contributed by atoms with Gasteiger partial charge in [0.05, 0.1) is 16.3 Å². The third-order valence-electron chi connectivity index (χ3n) is 4.13. The largest absolute Gasteiger partial charge is 0.328 e. The van der Waals surface area contributed by atoms with Gasteiger partial charge in [0.25, 0.3) is 0 Å². The average molecular weight is 275 g/mol. The zero-order valence-corrected chi connectivity index (χ0v) is 12.4. The zero-order chi connectivity index (χ0) is 13.4. The van der Waals surface area contributed by atoms with E-state index in [9.17, 15) is 0 Å². The maximum atomic E-state index is 6.05. The third-order valence-corrected chi connectivity index (χ3v) is 5.34. The smallest absolute Gasteiger partial charge is 0.111 e. The lowest BCUT2D eigenvalue weighted by Gasteiger charge is -2.39. The van der Waals surface area contributed by atoms with Crippen molar-refractivity contribution in [1.82, 2.24) is 9.88 Å². The number of thiazole rings is 1. The molecule has 0 amide bonds. The van der Waals surface area contributed by atoms with Crippen LogP contribution in [-0.2, 0) is 0 Å². The van der Waals surface area contributed by atoms with Crippen LogP contribution in [0.1, 0.15) is 37.7 Å². The Balaban J connectivity index is 1.84. The first kappa shape index (κ1) is 13.0. The van der Waals surface area contributed by atoms with Crippen molar-refractivity contribution in [2.24, 2.45) is 5.73 Å². The molecule has 102 valence electrons. The summed E-state index contributed by atoms with van der Waals surface area (Å²) in [6.07, 6.45) is 2.19. The molecular formula is C15H21N3S. The Bertz CT molecular complexity index is 532. The zero-order valence-electron chi connectivity index (χ0n) is 11.5. The molecule has 2 aromatic rings. The fraction of sp³-hybridized carbons (Fsp3) is 0.533. The van der Waals surface area contributed by atoms with E-state index in [2.05, 4.69) is 43.0 Å². The van der Waals surface area contributed by atoms with Crippen LogP contribution < -0.4 is 5.73 Å². The molecule has 0 saturated carbocycles. The quantitative estimate of drug-likeness (QED) is 0.915. The van der Waals surface area contributed by atoms with Gasteiger partial charge in [-0.15, -0.1) is 11.3 Å². The van der Waals surface area contributed by atoms with Crippen LogP contribution in [0.2, 0.25) is 0 Å². The van der Waals surface area contributed by atoms with Gasteiger partial charge in [0.1, 0.15) is 5.01 Å². The van der Waals surface area contributed by atoms with Gasteiger partial charge < -0.3 is 5.73 Å². The molecule has 1 aromatic heterocycles. The Kier molecular flexibility index (Phi) is 3.56. The van der Waals surface area contributed by atoms with E-state index in [1.807, 2.05) is 11.3 Å². The molecule has 19 heavy (non-hydrogen) atoms. The molecule has 0 aliphatic carbocycles. The summed E-state index contributed by atoms with van der Waals surface area (Å²) in [6, 6.07) is 9.69. The summed E-state index contributed by atoms with van der Waals surface area (Å²) < 4.78 is 1.28. The average Bonchev–Trinajstić information content (AvgIpc) is 2.81. The number of hydrogen-bond acceptors (Lipinski definition) is 4. The first-order chi connectivity index (χ1) is 9.15. The van der Waals surface area contributed by atoms with E-state index in [1.165, 1.54) is 9.71 Å². The molecule has 4 heteroatoms. The van der Waals surface area contributed by atoms with E-state index in [0.717, 1.165) is 24.9 Å². The Labute approximate surface area is 118 Å². The molecule has 1 aliphatic heterocycles. The minimum Gasteiger partial charge on any atom is -0.328 e. The number of para-hydroxylation sites is 1. The van der Waals surface area contributed by atoms with Crippen LogP contribution in [0.25, 0.3) is 10.2 Å². The SMILES string of the molecule is CC1CC(N)CCN1C(C)c1nc2ccccc2s1. The first-order valence-electron chi connectivity index (χ1n) is 7.02. The molecule has 3 rings (SSSR count). The van der Waals surface area contributed by atoms with E-state index >= 15 is 0 Å². The number of aromatic nitrogens is 1. The van der Waals surface area contributed by atoms with Crippen molar-refractivity contribution < 1.29 is 0 Å². The fourth-order valence-corrected chi connectivity index (χ4v) is 4.05. The summed E-state index contributed by atoms with van der Waals surface area (Å²) in [6.45, 7) is 5.63. The Hall–Kier alpha value is -0.970. The normalized spacial score (nSPS) is 26.7. The third kappa shape index (κ3) is 2.53. The Morgan fingerprint density at radius 3 is 2.95 bits per heavy atom. The number of rotatable bonds is 2. The minimum absolute atomic E-state index is 0.369.